The Hall–Kier alpha value is -1.30. The predicted molar refractivity (Wildman–Crippen MR) is 71.0 cm³/mol. The molecule has 1 unspecified atom stereocenters. The number of carboxylic acids is 1. The van der Waals surface area contributed by atoms with E-state index in [-0.39, 0.29) is 6.03 Å². The zero-order valence-electron chi connectivity index (χ0n) is 11.7. The van der Waals surface area contributed by atoms with Gasteiger partial charge in [-0.2, -0.15) is 0 Å². The first kappa shape index (κ1) is 14.1. The fourth-order valence-corrected chi connectivity index (χ4v) is 3.08. The molecule has 2 amide bonds. The summed E-state index contributed by atoms with van der Waals surface area (Å²) in [7, 11) is 3.84. The van der Waals surface area contributed by atoms with Crippen LogP contribution in [0.5, 0.6) is 0 Å². The van der Waals surface area contributed by atoms with Crippen LogP contribution in [0.25, 0.3) is 0 Å². The van der Waals surface area contributed by atoms with E-state index in [9.17, 15) is 9.59 Å². The van der Waals surface area contributed by atoms with Crippen molar-refractivity contribution in [2.75, 3.05) is 33.7 Å². The van der Waals surface area contributed by atoms with E-state index in [1.54, 1.807) is 11.9 Å². The fourth-order valence-electron chi connectivity index (χ4n) is 3.08. The Bertz CT molecular complexity index is 361. The third-order valence-corrected chi connectivity index (χ3v) is 4.27. The van der Waals surface area contributed by atoms with Crippen LogP contribution < -0.4 is 0 Å². The average molecular weight is 269 g/mol. The molecule has 0 radical (unpaired) electrons. The van der Waals surface area contributed by atoms with Gasteiger partial charge >= 0.3 is 12.0 Å². The molecule has 0 bridgehead atoms. The van der Waals surface area contributed by atoms with Crippen molar-refractivity contribution in [3.8, 4) is 0 Å². The first-order chi connectivity index (χ1) is 9.00. The molecule has 0 aromatic carbocycles. The number of likely N-dealkylation sites (N-methyl/N-ethyl adjacent to an activating group) is 2. The number of hydrogen-bond acceptors (Lipinski definition) is 3. The number of rotatable bonds is 3. The lowest BCUT2D eigenvalue weighted by Gasteiger charge is -2.31. The zero-order chi connectivity index (χ0) is 14.0. The van der Waals surface area contributed by atoms with Crippen molar-refractivity contribution in [1.82, 2.24) is 14.7 Å². The van der Waals surface area contributed by atoms with E-state index < -0.39 is 12.0 Å². The highest BCUT2D eigenvalue weighted by Crippen LogP contribution is 2.20. The minimum absolute atomic E-state index is 0.148. The zero-order valence-corrected chi connectivity index (χ0v) is 11.7. The van der Waals surface area contributed by atoms with Crippen molar-refractivity contribution in [3.63, 3.8) is 0 Å². The molecule has 2 saturated heterocycles. The van der Waals surface area contributed by atoms with Crippen molar-refractivity contribution < 1.29 is 14.7 Å². The van der Waals surface area contributed by atoms with Crippen LogP contribution in [-0.4, -0.2) is 77.6 Å². The molecule has 108 valence electrons. The first-order valence-electron chi connectivity index (χ1n) is 6.95. The molecular weight excluding hydrogens is 246 g/mol. The van der Waals surface area contributed by atoms with Crippen molar-refractivity contribution in [1.29, 1.82) is 0 Å². The normalized spacial score (nSPS) is 27.8. The Kier molecular flexibility index (Phi) is 4.29. The first-order valence-corrected chi connectivity index (χ1v) is 6.95. The summed E-state index contributed by atoms with van der Waals surface area (Å²) in [6.45, 7) is 2.31. The van der Waals surface area contributed by atoms with Gasteiger partial charge in [0.25, 0.3) is 0 Å². The van der Waals surface area contributed by atoms with E-state index >= 15 is 0 Å². The van der Waals surface area contributed by atoms with Crippen molar-refractivity contribution in [2.45, 2.75) is 37.8 Å². The van der Waals surface area contributed by atoms with Crippen LogP contribution in [-0.2, 0) is 4.79 Å². The highest BCUT2D eigenvalue weighted by molar-refractivity contribution is 5.83. The molecule has 1 N–H and O–H groups in total. The summed E-state index contributed by atoms with van der Waals surface area (Å²) in [5, 5.41) is 9.12. The van der Waals surface area contributed by atoms with Gasteiger partial charge in [0.05, 0.1) is 0 Å². The minimum Gasteiger partial charge on any atom is -0.480 e. The number of hydrogen-bond donors (Lipinski definition) is 1. The summed E-state index contributed by atoms with van der Waals surface area (Å²) in [6.07, 6.45) is 3.62. The van der Waals surface area contributed by atoms with Crippen molar-refractivity contribution in [2.24, 2.45) is 0 Å². The topological polar surface area (TPSA) is 64.1 Å². The third kappa shape index (κ3) is 3.00. The summed E-state index contributed by atoms with van der Waals surface area (Å²) < 4.78 is 0. The monoisotopic (exact) mass is 269 g/mol. The molecule has 0 aromatic heterocycles. The summed E-state index contributed by atoms with van der Waals surface area (Å²) in [5.74, 6) is -0.891. The summed E-state index contributed by atoms with van der Waals surface area (Å²) >= 11 is 0. The Labute approximate surface area is 114 Å². The van der Waals surface area contributed by atoms with Gasteiger partial charge in [-0.1, -0.05) is 0 Å². The number of likely N-dealkylation sites (tertiary alicyclic amines) is 2. The van der Waals surface area contributed by atoms with Gasteiger partial charge in [0, 0.05) is 26.2 Å². The lowest BCUT2D eigenvalue weighted by Crippen LogP contribution is -2.49. The Morgan fingerprint density at radius 2 is 1.95 bits per heavy atom. The molecule has 2 atom stereocenters. The van der Waals surface area contributed by atoms with E-state index in [0.717, 1.165) is 19.4 Å². The van der Waals surface area contributed by atoms with Gasteiger partial charge in [-0.05, 0) is 39.3 Å². The van der Waals surface area contributed by atoms with Crippen LogP contribution >= 0.6 is 0 Å². The van der Waals surface area contributed by atoms with Crippen LogP contribution in [0, 0.1) is 0 Å². The lowest BCUT2D eigenvalue weighted by atomic mass is 10.2. The average Bonchev–Trinajstić information content (AvgIpc) is 2.98. The third-order valence-electron chi connectivity index (χ3n) is 4.27. The molecule has 2 fully saturated rings. The van der Waals surface area contributed by atoms with E-state index in [4.69, 9.17) is 5.11 Å². The smallest absolute Gasteiger partial charge is 0.326 e. The number of amides is 2. The maximum Gasteiger partial charge on any atom is 0.326 e. The van der Waals surface area contributed by atoms with Gasteiger partial charge in [0.2, 0.25) is 0 Å². The highest BCUT2D eigenvalue weighted by Gasteiger charge is 2.36. The van der Waals surface area contributed by atoms with Gasteiger partial charge < -0.3 is 19.8 Å². The molecular formula is C13H23N3O3. The Balaban J connectivity index is 1.93. The molecule has 6 heteroatoms. The predicted octanol–water partition coefficient (Wildman–Crippen LogP) is 0.681. The van der Waals surface area contributed by atoms with Crippen LogP contribution in [0.2, 0.25) is 0 Å². The van der Waals surface area contributed by atoms with Crippen LogP contribution in [0.1, 0.15) is 25.7 Å². The minimum atomic E-state index is -0.891. The lowest BCUT2D eigenvalue weighted by molar-refractivity contribution is -0.141. The number of carboxylic acid groups (broad SMARTS) is 1. The van der Waals surface area contributed by atoms with E-state index in [1.165, 1.54) is 11.3 Å². The number of urea groups is 1. The molecule has 0 aliphatic carbocycles. The fraction of sp³-hybridized carbons (Fsp3) is 0.846. The van der Waals surface area contributed by atoms with Crippen LogP contribution in [0.15, 0.2) is 0 Å². The number of aliphatic carboxylic acids is 1. The highest BCUT2D eigenvalue weighted by atomic mass is 16.4. The van der Waals surface area contributed by atoms with E-state index in [0.29, 0.717) is 25.6 Å². The second kappa shape index (κ2) is 5.77. The molecule has 0 spiro atoms. The SMILES string of the molecule is CN(CC1CCCN1C)C(=O)N1CCC[C@@H]1C(=O)O. The standard InChI is InChI=1S/C13H23N3O3/c1-14-7-3-5-10(14)9-15(2)13(19)16-8-4-6-11(16)12(17)18/h10-11H,3-9H2,1-2H3,(H,17,18)/t10?,11-/m1/s1. The second-order valence-corrected chi connectivity index (χ2v) is 5.63. The largest absolute Gasteiger partial charge is 0.480 e. The summed E-state index contributed by atoms with van der Waals surface area (Å²) in [5.41, 5.74) is 0. The Morgan fingerprint density at radius 1 is 1.26 bits per heavy atom. The molecule has 0 saturated carbocycles. The van der Waals surface area contributed by atoms with Crippen LogP contribution in [0.3, 0.4) is 0 Å². The maximum absolute atomic E-state index is 12.3. The second-order valence-electron chi connectivity index (χ2n) is 5.63. The summed E-state index contributed by atoms with van der Waals surface area (Å²) in [4.78, 5) is 28.9. The molecule has 2 rings (SSSR count). The van der Waals surface area contributed by atoms with E-state index in [2.05, 4.69) is 11.9 Å². The number of nitrogens with zero attached hydrogens (tertiary/aromatic N) is 3. The molecule has 0 aromatic rings. The molecule has 2 aliphatic heterocycles. The van der Waals surface area contributed by atoms with Crippen molar-refractivity contribution >= 4 is 12.0 Å². The molecule has 2 aliphatic rings. The van der Waals surface area contributed by atoms with Gasteiger partial charge in [0.1, 0.15) is 6.04 Å². The van der Waals surface area contributed by atoms with E-state index in [1.807, 2.05) is 0 Å². The van der Waals surface area contributed by atoms with Gasteiger partial charge in [-0.25, -0.2) is 9.59 Å². The van der Waals surface area contributed by atoms with Gasteiger partial charge in [-0.15, -0.1) is 0 Å². The number of carbonyl (C=O) groups excluding carboxylic acids is 1. The van der Waals surface area contributed by atoms with Gasteiger partial charge in [0.15, 0.2) is 0 Å². The summed E-state index contributed by atoms with van der Waals surface area (Å²) in [6, 6.07) is -0.388. The molecule has 19 heavy (non-hydrogen) atoms. The van der Waals surface area contributed by atoms with Gasteiger partial charge in [-0.3, -0.25) is 0 Å². The van der Waals surface area contributed by atoms with Crippen LogP contribution in [0.4, 0.5) is 4.79 Å². The van der Waals surface area contributed by atoms with Crippen molar-refractivity contribution in [3.05, 3.63) is 0 Å². The quantitative estimate of drug-likeness (QED) is 0.818. The maximum atomic E-state index is 12.3. The number of carbonyl (C=O) groups is 2. The molecule has 2 heterocycles. The Morgan fingerprint density at radius 3 is 2.53 bits per heavy atom. The molecule has 6 nitrogen and oxygen atoms in total.